The monoisotopic (exact) mass is 462 g/mol. The fourth-order valence-electron chi connectivity index (χ4n) is 4.18. The van der Waals surface area contributed by atoms with Crippen LogP contribution in [-0.2, 0) is 24.4 Å². The van der Waals surface area contributed by atoms with Gasteiger partial charge in [-0.15, -0.1) is 0 Å². The molecule has 1 amide bonds. The zero-order valence-electron chi connectivity index (χ0n) is 20.1. The lowest BCUT2D eigenvalue weighted by molar-refractivity contribution is -0.120. The van der Waals surface area contributed by atoms with Crippen molar-refractivity contribution in [2.24, 2.45) is 0 Å². The lowest BCUT2D eigenvalue weighted by Crippen LogP contribution is -2.48. The molecule has 0 spiro atoms. The number of benzene rings is 2. The van der Waals surface area contributed by atoms with Gasteiger partial charge in [0, 0.05) is 45.8 Å². The highest BCUT2D eigenvalue weighted by Crippen LogP contribution is 2.18. The molecule has 1 fully saturated rings. The summed E-state index contributed by atoms with van der Waals surface area (Å²) >= 11 is 0. The molecule has 1 aliphatic rings. The third-order valence-corrected chi connectivity index (χ3v) is 6.32. The van der Waals surface area contributed by atoms with Crippen LogP contribution in [0.2, 0.25) is 0 Å². The van der Waals surface area contributed by atoms with Gasteiger partial charge in [-0.25, -0.2) is 0 Å². The molecule has 2 heterocycles. The molecular weight excluding hydrogens is 428 g/mol. The number of hydrogen-bond donors (Lipinski definition) is 1. The van der Waals surface area contributed by atoms with Crippen LogP contribution in [0.15, 0.2) is 59.1 Å². The number of hydrogen-bond acceptors (Lipinski definition) is 6. The minimum Gasteiger partial charge on any atom is -0.489 e. The summed E-state index contributed by atoms with van der Waals surface area (Å²) in [6.45, 7) is 11.0. The number of amides is 1. The molecule has 0 unspecified atom stereocenters. The molecule has 1 aromatic heterocycles. The van der Waals surface area contributed by atoms with E-state index in [4.69, 9.17) is 9.26 Å². The van der Waals surface area contributed by atoms with Crippen molar-refractivity contribution >= 4 is 5.91 Å². The SMILES string of the molecule is Cc1noc(C)c1COc1ccc(CC(=O)NCCN2CCN(Cc3ccccc3)CC2)cc1. The van der Waals surface area contributed by atoms with Crippen LogP contribution in [0.1, 0.15) is 28.1 Å². The van der Waals surface area contributed by atoms with Gasteiger partial charge in [0.15, 0.2) is 0 Å². The van der Waals surface area contributed by atoms with E-state index in [0.29, 0.717) is 19.6 Å². The third-order valence-electron chi connectivity index (χ3n) is 6.32. The van der Waals surface area contributed by atoms with Crippen molar-refractivity contribution in [3.8, 4) is 5.75 Å². The normalized spacial score (nSPS) is 14.8. The molecule has 4 rings (SSSR count). The van der Waals surface area contributed by atoms with Gasteiger partial charge >= 0.3 is 0 Å². The number of nitrogens with zero attached hydrogens (tertiary/aromatic N) is 3. The van der Waals surface area contributed by atoms with Crippen LogP contribution in [0.4, 0.5) is 0 Å². The number of carbonyl (C=O) groups excluding carboxylic acids is 1. The number of ether oxygens (including phenoxy) is 1. The molecule has 0 radical (unpaired) electrons. The molecule has 7 heteroatoms. The molecule has 34 heavy (non-hydrogen) atoms. The van der Waals surface area contributed by atoms with Crippen LogP contribution in [0, 0.1) is 13.8 Å². The first-order valence-corrected chi connectivity index (χ1v) is 12.0. The summed E-state index contributed by atoms with van der Waals surface area (Å²) in [5, 5.41) is 7.00. The van der Waals surface area contributed by atoms with Crippen molar-refractivity contribution in [2.45, 2.75) is 33.4 Å². The molecule has 0 bridgehead atoms. The summed E-state index contributed by atoms with van der Waals surface area (Å²) in [4.78, 5) is 17.3. The molecule has 1 aliphatic heterocycles. The number of nitrogens with one attached hydrogen (secondary N) is 1. The zero-order chi connectivity index (χ0) is 23.8. The second-order valence-electron chi connectivity index (χ2n) is 8.87. The van der Waals surface area contributed by atoms with Gasteiger partial charge in [0.2, 0.25) is 5.91 Å². The van der Waals surface area contributed by atoms with Crippen LogP contribution < -0.4 is 10.1 Å². The third kappa shape index (κ3) is 6.92. The van der Waals surface area contributed by atoms with E-state index >= 15 is 0 Å². The molecule has 180 valence electrons. The van der Waals surface area contributed by atoms with Gasteiger partial charge in [-0.1, -0.05) is 47.6 Å². The van der Waals surface area contributed by atoms with Gasteiger partial charge in [-0.3, -0.25) is 14.6 Å². The van der Waals surface area contributed by atoms with Gasteiger partial charge in [0.05, 0.1) is 17.7 Å². The van der Waals surface area contributed by atoms with Crippen molar-refractivity contribution in [3.63, 3.8) is 0 Å². The van der Waals surface area contributed by atoms with Crippen molar-refractivity contribution in [1.29, 1.82) is 0 Å². The summed E-state index contributed by atoms with van der Waals surface area (Å²) in [7, 11) is 0. The van der Waals surface area contributed by atoms with Gasteiger partial charge in [0.1, 0.15) is 18.1 Å². The van der Waals surface area contributed by atoms with Crippen LogP contribution >= 0.6 is 0 Å². The second kappa shape index (κ2) is 11.8. The quantitative estimate of drug-likeness (QED) is 0.498. The van der Waals surface area contributed by atoms with Gasteiger partial charge in [0.25, 0.3) is 0 Å². The van der Waals surface area contributed by atoms with Crippen LogP contribution in [-0.4, -0.2) is 60.1 Å². The number of aryl methyl sites for hydroxylation is 2. The molecular formula is C27H34N4O3. The zero-order valence-corrected chi connectivity index (χ0v) is 20.1. The van der Waals surface area contributed by atoms with E-state index in [2.05, 4.69) is 50.6 Å². The van der Waals surface area contributed by atoms with E-state index in [-0.39, 0.29) is 5.91 Å². The first-order chi connectivity index (χ1) is 16.6. The number of piperazine rings is 1. The Morgan fingerprint density at radius 1 is 0.971 bits per heavy atom. The number of carbonyl (C=O) groups is 1. The predicted molar refractivity (Wildman–Crippen MR) is 132 cm³/mol. The smallest absolute Gasteiger partial charge is 0.224 e. The lowest BCUT2D eigenvalue weighted by atomic mass is 10.1. The average Bonchev–Trinajstić information content (AvgIpc) is 3.17. The highest BCUT2D eigenvalue weighted by Gasteiger charge is 2.17. The average molecular weight is 463 g/mol. The first kappa shape index (κ1) is 24.0. The summed E-state index contributed by atoms with van der Waals surface area (Å²) in [5.74, 6) is 1.59. The van der Waals surface area contributed by atoms with E-state index in [1.165, 1.54) is 5.56 Å². The molecule has 2 aromatic carbocycles. The molecule has 0 saturated carbocycles. The molecule has 7 nitrogen and oxygen atoms in total. The topological polar surface area (TPSA) is 70.8 Å². The molecule has 3 aromatic rings. The largest absolute Gasteiger partial charge is 0.489 e. The van der Waals surface area contributed by atoms with E-state index < -0.39 is 0 Å². The van der Waals surface area contributed by atoms with E-state index in [1.54, 1.807) is 0 Å². The Labute approximate surface area is 201 Å². The number of rotatable bonds is 10. The van der Waals surface area contributed by atoms with Crippen molar-refractivity contribution < 1.29 is 14.1 Å². The Hall–Kier alpha value is -3.16. The fraction of sp³-hybridized carbons (Fsp3) is 0.407. The van der Waals surface area contributed by atoms with Crippen molar-refractivity contribution in [2.75, 3.05) is 39.3 Å². The number of aromatic nitrogens is 1. The maximum Gasteiger partial charge on any atom is 0.224 e. The second-order valence-corrected chi connectivity index (χ2v) is 8.87. The Balaban J connectivity index is 1.12. The standard InChI is InChI=1S/C27H34N4O3/c1-21-26(22(2)34-29-21)20-33-25-10-8-23(9-11-25)18-27(32)28-12-13-30-14-16-31(17-15-30)19-24-6-4-3-5-7-24/h3-11H,12-20H2,1-2H3,(H,28,32). The highest BCUT2D eigenvalue weighted by atomic mass is 16.5. The summed E-state index contributed by atoms with van der Waals surface area (Å²) in [6.07, 6.45) is 0.370. The molecule has 1 saturated heterocycles. The predicted octanol–water partition coefficient (Wildman–Crippen LogP) is 3.35. The van der Waals surface area contributed by atoms with Crippen LogP contribution in [0.5, 0.6) is 5.75 Å². The first-order valence-electron chi connectivity index (χ1n) is 12.0. The van der Waals surface area contributed by atoms with Gasteiger partial charge in [-0.05, 0) is 37.1 Å². The van der Waals surface area contributed by atoms with E-state index in [0.717, 1.165) is 67.6 Å². The minimum atomic E-state index is 0.0482. The lowest BCUT2D eigenvalue weighted by Gasteiger charge is -2.34. The Morgan fingerprint density at radius 2 is 1.68 bits per heavy atom. The minimum absolute atomic E-state index is 0.0482. The van der Waals surface area contributed by atoms with Gasteiger partial charge < -0.3 is 14.6 Å². The Bertz CT molecular complexity index is 1020. The molecule has 1 N–H and O–H groups in total. The summed E-state index contributed by atoms with van der Waals surface area (Å²) in [6, 6.07) is 18.3. The van der Waals surface area contributed by atoms with Crippen molar-refractivity contribution in [3.05, 3.63) is 82.7 Å². The van der Waals surface area contributed by atoms with Crippen molar-refractivity contribution in [1.82, 2.24) is 20.3 Å². The molecule has 0 atom stereocenters. The van der Waals surface area contributed by atoms with Gasteiger partial charge in [-0.2, -0.15) is 0 Å². The van der Waals surface area contributed by atoms with E-state index in [1.807, 2.05) is 38.1 Å². The summed E-state index contributed by atoms with van der Waals surface area (Å²) in [5.41, 5.74) is 4.15. The Kier molecular flexibility index (Phi) is 8.33. The maximum atomic E-state index is 12.4. The summed E-state index contributed by atoms with van der Waals surface area (Å²) < 4.78 is 11.0. The fourth-order valence-corrected chi connectivity index (χ4v) is 4.18. The van der Waals surface area contributed by atoms with E-state index in [9.17, 15) is 4.79 Å². The van der Waals surface area contributed by atoms with Crippen LogP contribution in [0.25, 0.3) is 0 Å². The highest BCUT2D eigenvalue weighted by molar-refractivity contribution is 5.78. The maximum absolute atomic E-state index is 12.4. The molecule has 0 aliphatic carbocycles. The van der Waals surface area contributed by atoms with Crippen LogP contribution in [0.3, 0.4) is 0 Å². The Morgan fingerprint density at radius 3 is 2.35 bits per heavy atom.